The van der Waals surface area contributed by atoms with Gasteiger partial charge < -0.3 is 15.8 Å². The highest BCUT2D eigenvalue weighted by Gasteiger charge is 2.12. The molecular weight excluding hydrogens is 406 g/mol. The Morgan fingerprint density at radius 3 is 2.63 bits per heavy atom. The van der Waals surface area contributed by atoms with Crippen molar-refractivity contribution in [2.24, 2.45) is 0 Å². The van der Waals surface area contributed by atoms with Gasteiger partial charge in [0.2, 0.25) is 5.88 Å². The molecule has 2 aromatic carbocycles. The van der Waals surface area contributed by atoms with Gasteiger partial charge in [-0.05, 0) is 55.5 Å². The third-order valence-electron chi connectivity index (χ3n) is 4.00. The third-order valence-corrected chi connectivity index (χ3v) is 4.53. The molecule has 6 nitrogen and oxygen atoms in total. The van der Waals surface area contributed by atoms with Gasteiger partial charge in [0.25, 0.3) is 0 Å². The molecule has 4 aromatic rings. The number of nitrogens with two attached hydrogens (primary N) is 1. The molecule has 4 rings (SSSR count). The molecule has 0 fully saturated rings. The molecule has 0 saturated carbocycles. The molecule has 7 heteroatoms. The van der Waals surface area contributed by atoms with Crippen LogP contribution >= 0.6 is 15.9 Å². The van der Waals surface area contributed by atoms with Crippen LogP contribution in [0.2, 0.25) is 0 Å². The lowest BCUT2D eigenvalue weighted by molar-refractivity contribution is 0.464. The quantitative estimate of drug-likeness (QED) is 0.469. The normalized spacial score (nSPS) is 10.7. The molecular formula is C20H16BrN5O. The average molecular weight is 422 g/mol. The molecule has 134 valence electrons. The maximum absolute atomic E-state index is 6.24. The van der Waals surface area contributed by atoms with Crippen molar-refractivity contribution < 1.29 is 4.74 Å². The van der Waals surface area contributed by atoms with Crippen molar-refractivity contribution >= 4 is 44.0 Å². The lowest BCUT2D eigenvalue weighted by Crippen LogP contribution is -2.03. The van der Waals surface area contributed by atoms with E-state index in [1.165, 1.54) is 6.33 Å². The first-order chi connectivity index (χ1) is 13.1. The van der Waals surface area contributed by atoms with Crippen LogP contribution in [0.4, 0.5) is 17.2 Å². The maximum atomic E-state index is 6.24. The molecule has 2 heterocycles. The summed E-state index contributed by atoms with van der Waals surface area (Å²) >= 11 is 3.40. The van der Waals surface area contributed by atoms with E-state index in [1.54, 1.807) is 0 Å². The van der Waals surface area contributed by atoms with Gasteiger partial charge in [0.1, 0.15) is 17.8 Å². The highest BCUT2D eigenvalue weighted by Crippen LogP contribution is 2.33. The summed E-state index contributed by atoms with van der Waals surface area (Å²) in [5.41, 5.74) is 9.30. The smallest absolute Gasteiger partial charge is 0.248 e. The van der Waals surface area contributed by atoms with Crippen molar-refractivity contribution in [2.75, 3.05) is 11.1 Å². The Morgan fingerprint density at radius 1 is 1.00 bits per heavy atom. The first kappa shape index (κ1) is 17.2. The van der Waals surface area contributed by atoms with E-state index in [4.69, 9.17) is 10.5 Å². The molecule has 0 aliphatic rings. The molecule has 3 N–H and O–H groups in total. The zero-order valence-corrected chi connectivity index (χ0v) is 16.1. The minimum atomic E-state index is 0.295. The number of hydrogen-bond donors (Lipinski definition) is 2. The number of hydrogen-bond acceptors (Lipinski definition) is 6. The highest BCUT2D eigenvalue weighted by molar-refractivity contribution is 9.10. The molecule has 0 saturated heterocycles. The summed E-state index contributed by atoms with van der Waals surface area (Å²) in [6.45, 7) is 1.97. The van der Waals surface area contributed by atoms with Crippen molar-refractivity contribution in [2.45, 2.75) is 6.92 Å². The fourth-order valence-electron chi connectivity index (χ4n) is 2.67. The van der Waals surface area contributed by atoms with Gasteiger partial charge in [0.05, 0.1) is 5.52 Å². The lowest BCUT2D eigenvalue weighted by Gasteiger charge is -2.13. The second-order valence-corrected chi connectivity index (χ2v) is 6.86. The highest BCUT2D eigenvalue weighted by atomic mass is 79.9. The van der Waals surface area contributed by atoms with Crippen LogP contribution in [-0.4, -0.2) is 15.0 Å². The Morgan fingerprint density at radius 2 is 1.81 bits per heavy atom. The number of nitrogen functional groups attached to an aromatic ring is 1. The number of aromatic nitrogens is 3. The molecule has 27 heavy (non-hydrogen) atoms. The summed E-state index contributed by atoms with van der Waals surface area (Å²) in [4.78, 5) is 13.0. The number of pyridine rings is 1. The number of rotatable bonds is 4. The molecule has 0 aliphatic heterocycles. The zero-order valence-electron chi connectivity index (χ0n) is 14.5. The van der Waals surface area contributed by atoms with Gasteiger partial charge in [0, 0.05) is 21.2 Å². The number of anilines is 3. The summed E-state index contributed by atoms with van der Waals surface area (Å²) in [5.74, 6) is 1.41. The summed E-state index contributed by atoms with van der Waals surface area (Å²) in [7, 11) is 0. The predicted octanol–water partition coefficient (Wildman–Crippen LogP) is 5.21. The molecule has 0 amide bonds. The summed E-state index contributed by atoms with van der Waals surface area (Å²) in [6, 6.07) is 17.3. The minimum Gasteiger partial charge on any atom is -0.437 e. The van der Waals surface area contributed by atoms with Crippen LogP contribution in [0.25, 0.3) is 10.9 Å². The summed E-state index contributed by atoms with van der Waals surface area (Å²) in [6.07, 6.45) is 1.42. The van der Waals surface area contributed by atoms with Gasteiger partial charge in [-0.15, -0.1) is 0 Å². The Balaban J connectivity index is 1.66. The average Bonchev–Trinajstić information content (AvgIpc) is 2.66. The van der Waals surface area contributed by atoms with Crippen LogP contribution in [-0.2, 0) is 0 Å². The van der Waals surface area contributed by atoms with Crippen molar-refractivity contribution in [3.8, 4) is 11.6 Å². The molecule has 2 aromatic heterocycles. The SMILES string of the molecule is Cc1ccc2c(Nc3ncnc(Oc4ccc(Br)cc4)c3N)cccc2n1. The van der Waals surface area contributed by atoms with Crippen LogP contribution < -0.4 is 15.8 Å². The number of ether oxygens (including phenoxy) is 1. The topological polar surface area (TPSA) is 86.0 Å². The van der Waals surface area contributed by atoms with Crippen molar-refractivity contribution in [1.82, 2.24) is 15.0 Å². The first-order valence-electron chi connectivity index (χ1n) is 8.27. The van der Waals surface area contributed by atoms with Gasteiger partial charge in [0.15, 0.2) is 5.82 Å². The van der Waals surface area contributed by atoms with E-state index in [0.29, 0.717) is 23.1 Å². The van der Waals surface area contributed by atoms with E-state index in [1.807, 2.05) is 61.5 Å². The van der Waals surface area contributed by atoms with Gasteiger partial charge in [-0.2, -0.15) is 4.98 Å². The monoisotopic (exact) mass is 421 g/mol. The molecule has 0 atom stereocenters. The fourth-order valence-corrected chi connectivity index (χ4v) is 2.93. The van der Waals surface area contributed by atoms with E-state index >= 15 is 0 Å². The number of halogens is 1. The molecule has 0 aliphatic carbocycles. The van der Waals surface area contributed by atoms with E-state index in [2.05, 4.69) is 36.2 Å². The Bertz CT molecular complexity index is 1120. The second-order valence-electron chi connectivity index (χ2n) is 5.95. The third kappa shape index (κ3) is 3.68. The number of aryl methyl sites for hydroxylation is 1. The van der Waals surface area contributed by atoms with Crippen LogP contribution in [0.3, 0.4) is 0 Å². The van der Waals surface area contributed by atoms with Crippen LogP contribution in [0.1, 0.15) is 5.69 Å². The Hall–Kier alpha value is -3.19. The summed E-state index contributed by atoms with van der Waals surface area (Å²) < 4.78 is 6.76. The van der Waals surface area contributed by atoms with Gasteiger partial charge in [-0.1, -0.05) is 22.0 Å². The maximum Gasteiger partial charge on any atom is 0.248 e. The van der Waals surface area contributed by atoms with Crippen molar-refractivity contribution in [3.05, 3.63) is 71.1 Å². The number of fused-ring (bicyclic) bond motifs is 1. The molecule has 0 radical (unpaired) electrons. The fraction of sp³-hybridized carbons (Fsp3) is 0.0500. The Labute approximate surface area is 164 Å². The number of benzene rings is 2. The Kier molecular flexibility index (Phi) is 4.60. The molecule has 0 unspecified atom stereocenters. The standard InChI is InChI=1S/C20H16BrN5O/c1-12-5-10-15-16(25-12)3-2-4-17(15)26-19-18(22)20(24-11-23-19)27-14-8-6-13(21)7-9-14/h2-11H,22H2,1H3,(H,23,24,26). The first-order valence-corrected chi connectivity index (χ1v) is 9.07. The lowest BCUT2D eigenvalue weighted by atomic mass is 10.1. The predicted molar refractivity (Wildman–Crippen MR) is 110 cm³/mol. The number of nitrogens with one attached hydrogen (secondary N) is 1. The van der Waals surface area contributed by atoms with Crippen molar-refractivity contribution in [3.63, 3.8) is 0 Å². The van der Waals surface area contributed by atoms with E-state index in [0.717, 1.165) is 26.8 Å². The minimum absolute atomic E-state index is 0.295. The van der Waals surface area contributed by atoms with E-state index < -0.39 is 0 Å². The van der Waals surface area contributed by atoms with E-state index in [9.17, 15) is 0 Å². The van der Waals surface area contributed by atoms with Gasteiger partial charge in [-0.3, -0.25) is 4.98 Å². The van der Waals surface area contributed by atoms with Crippen LogP contribution in [0.15, 0.2) is 65.4 Å². The largest absolute Gasteiger partial charge is 0.437 e. The van der Waals surface area contributed by atoms with E-state index in [-0.39, 0.29) is 0 Å². The molecule has 0 bridgehead atoms. The zero-order chi connectivity index (χ0) is 18.8. The van der Waals surface area contributed by atoms with Crippen molar-refractivity contribution in [1.29, 1.82) is 0 Å². The molecule has 0 spiro atoms. The number of nitrogens with zero attached hydrogens (tertiary/aromatic N) is 3. The van der Waals surface area contributed by atoms with Gasteiger partial charge >= 0.3 is 0 Å². The summed E-state index contributed by atoms with van der Waals surface area (Å²) in [5, 5.41) is 4.25. The van der Waals surface area contributed by atoms with Crippen LogP contribution in [0, 0.1) is 6.92 Å². The van der Waals surface area contributed by atoms with Gasteiger partial charge in [-0.25, -0.2) is 4.98 Å². The van der Waals surface area contributed by atoms with Crippen LogP contribution in [0.5, 0.6) is 11.6 Å². The second kappa shape index (κ2) is 7.20.